The van der Waals surface area contributed by atoms with Gasteiger partial charge in [-0.2, -0.15) is 5.10 Å². The molecule has 2 aliphatic rings. The Hall–Kier alpha value is -2.63. The summed E-state index contributed by atoms with van der Waals surface area (Å²) >= 11 is 0. The lowest BCUT2D eigenvalue weighted by atomic mass is 9.85. The molecule has 1 aromatic heterocycles. The minimum Gasteiger partial charge on any atom is -0.338 e. The minimum atomic E-state index is -0.00474. The Morgan fingerprint density at radius 2 is 1.77 bits per heavy atom. The number of nitrogens with one attached hydrogen (secondary N) is 1. The first kappa shape index (κ1) is 21.6. The number of aromatic amines is 1. The van der Waals surface area contributed by atoms with Crippen LogP contribution in [0.2, 0.25) is 0 Å². The Kier molecular flexibility index (Phi) is 7.05. The number of amides is 2. The van der Waals surface area contributed by atoms with Crippen molar-refractivity contribution < 1.29 is 9.59 Å². The quantitative estimate of drug-likeness (QED) is 0.752. The van der Waals surface area contributed by atoms with Crippen LogP contribution in [-0.4, -0.2) is 51.4 Å². The molecule has 1 aliphatic heterocycles. The summed E-state index contributed by atoms with van der Waals surface area (Å²) in [6.45, 7) is 4.65. The van der Waals surface area contributed by atoms with Gasteiger partial charge in [0.25, 0.3) is 5.91 Å². The molecule has 6 heteroatoms. The molecule has 1 N–H and O–H groups in total. The van der Waals surface area contributed by atoms with Crippen LogP contribution in [0.4, 0.5) is 0 Å². The van der Waals surface area contributed by atoms with Gasteiger partial charge in [0.15, 0.2) is 0 Å². The number of rotatable bonds is 6. The fraction of sp³-hybridized carbons (Fsp3) is 0.560. The Labute approximate surface area is 185 Å². The number of carbonyl (C=O) groups excluding carboxylic acids is 2. The van der Waals surface area contributed by atoms with Gasteiger partial charge < -0.3 is 9.80 Å². The van der Waals surface area contributed by atoms with Crippen LogP contribution in [0, 0.1) is 5.92 Å². The average molecular weight is 423 g/mol. The van der Waals surface area contributed by atoms with Crippen molar-refractivity contribution in [3.63, 3.8) is 0 Å². The zero-order valence-corrected chi connectivity index (χ0v) is 18.6. The molecule has 166 valence electrons. The van der Waals surface area contributed by atoms with E-state index in [-0.39, 0.29) is 17.7 Å². The Bertz CT molecular complexity index is 865. The molecule has 1 aliphatic carbocycles. The van der Waals surface area contributed by atoms with Crippen molar-refractivity contribution in [3.05, 3.63) is 53.3 Å². The van der Waals surface area contributed by atoms with E-state index in [2.05, 4.69) is 22.3 Å². The third-order valence-electron chi connectivity index (χ3n) is 6.95. The first-order valence-electron chi connectivity index (χ1n) is 11.8. The number of nitrogens with zero attached hydrogens (tertiary/aromatic N) is 3. The van der Waals surface area contributed by atoms with E-state index in [1.54, 1.807) is 6.20 Å². The molecule has 31 heavy (non-hydrogen) atoms. The van der Waals surface area contributed by atoms with Crippen molar-refractivity contribution >= 4 is 11.8 Å². The summed E-state index contributed by atoms with van der Waals surface area (Å²) < 4.78 is 0. The predicted molar refractivity (Wildman–Crippen MR) is 121 cm³/mol. The van der Waals surface area contributed by atoms with Crippen LogP contribution in [0.3, 0.4) is 0 Å². The molecular formula is C25H34N4O2. The predicted octanol–water partition coefficient (Wildman–Crippen LogP) is 4.36. The highest BCUT2D eigenvalue weighted by Crippen LogP contribution is 2.34. The smallest absolute Gasteiger partial charge is 0.257 e. The van der Waals surface area contributed by atoms with E-state index < -0.39 is 0 Å². The topological polar surface area (TPSA) is 69.3 Å². The SMILES string of the molecule is CCN(Cc1ccccc1)C(=O)C1CCN(C(=O)c2cn[nH]c2C2CCCCC2)CC1. The number of carbonyl (C=O) groups is 2. The molecule has 2 fully saturated rings. The molecule has 2 heterocycles. The Balaban J connectivity index is 1.34. The number of likely N-dealkylation sites (tertiary alicyclic amines) is 1. The zero-order chi connectivity index (χ0) is 21.6. The maximum atomic E-state index is 13.2. The lowest BCUT2D eigenvalue weighted by molar-refractivity contribution is -0.137. The van der Waals surface area contributed by atoms with Gasteiger partial charge in [-0.1, -0.05) is 49.6 Å². The Morgan fingerprint density at radius 1 is 1.06 bits per heavy atom. The van der Waals surface area contributed by atoms with Crippen LogP contribution in [0.5, 0.6) is 0 Å². The highest BCUT2D eigenvalue weighted by atomic mass is 16.2. The van der Waals surface area contributed by atoms with Gasteiger partial charge in [-0.25, -0.2) is 0 Å². The van der Waals surface area contributed by atoms with E-state index in [0.29, 0.717) is 32.1 Å². The summed E-state index contributed by atoms with van der Waals surface area (Å²) in [4.78, 5) is 30.2. The van der Waals surface area contributed by atoms with Gasteiger partial charge >= 0.3 is 0 Å². The molecule has 0 unspecified atom stereocenters. The van der Waals surface area contributed by atoms with Gasteiger partial charge in [-0.05, 0) is 38.2 Å². The van der Waals surface area contributed by atoms with E-state index >= 15 is 0 Å². The lowest BCUT2D eigenvalue weighted by Crippen LogP contribution is -2.44. The van der Waals surface area contributed by atoms with Crippen LogP contribution in [0.15, 0.2) is 36.5 Å². The number of aromatic nitrogens is 2. The number of H-pyrrole nitrogens is 1. The second-order valence-corrected chi connectivity index (χ2v) is 8.94. The van der Waals surface area contributed by atoms with E-state index in [1.807, 2.05) is 34.9 Å². The van der Waals surface area contributed by atoms with Crippen LogP contribution < -0.4 is 0 Å². The van der Waals surface area contributed by atoms with Crippen molar-refractivity contribution in [3.8, 4) is 0 Å². The van der Waals surface area contributed by atoms with Gasteiger partial charge in [0.1, 0.15) is 0 Å². The lowest BCUT2D eigenvalue weighted by Gasteiger charge is -2.34. The van der Waals surface area contributed by atoms with E-state index in [9.17, 15) is 9.59 Å². The molecule has 2 amide bonds. The van der Waals surface area contributed by atoms with Crippen LogP contribution in [0.25, 0.3) is 0 Å². The molecule has 1 saturated heterocycles. The Morgan fingerprint density at radius 3 is 2.45 bits per heavy atom. The maximum absolute atomic E-state index is 13.2. The van der Waals surface area contributed by atoms with Gasteiger partial charge in [0.05, 0.1) is 17.5 Å². The van der Waals surface area contributed by atoms with Gasteiger partial charge in [0, 0.05) is 38.0 Å². The standard InChI is InChI=1S/C25H34N4O2/c1-2-28(18-19-9-5-3-6-10-19)24(30)21-13-15-29(16-14-21)25(31)22-17-26-27-23(22)20-11-7-4-8-12-20/h3,5-6,9-10,17,20-21H,2,4,7-8,11-16,18H2,1H3,(H,26,27). The summed E-state index contributed by atoms with van der Waals surface area (Å²) in [6, 6.07) is 10.1. The zero-order valence-electron chi connectivity index (χ0n) is 18.6. The number of benzene rings is 1. The highest BCUT2D eigenvalue weighted by molar-refractivity contribution is 5.95. The molecule has 1 saturated carbocycles. The molecule has 2 aromatic rings. The van der Waals surface area contributed by atoms with Crippen LogP contribution >= 0.6 is 0 Å². The molecule has 0 atom stereocenters. The van der Waals surface area contributed by atoms with Gasteiger partial charge in [0.2, 0.25) is 5.91 Å². The molecule has 1 aromatic carbocycles. The molecular weight excluding hydrogens is 388 g/mol. The number of hydrogen-bond donors (Lipinski definition) is 1. The van der Waals surface area contributed by atoms with Crippen molar-refractivity contribution in [2.75, 3.05) is 19.6 Å². The third kappa shape index (κ3) is 5.00. The highest BCUT2D eigenvalue weighted by Gasteiger charge is 2.32. The second kappa shape index (κ2) is 10.1. The minimum absolute atomic E-state index is 0.00474. The summed E-state index contributed by atoms with van der Waals surface area (Å²) in [6.07, 6.45) is 9.15. The van der Waals surface area contributed by atoms with E-state index in [1.165, 1.54) is 19.3 Å². The fourth-order valence-corrected chi connectivity index (χ4v) is 5.08. The van der Waals surface area contributed by atoms with E-state index in [0.717, 1.165) is 42.5 Å². The van der Waals surface area contributed by atoms with Crippen molar-refractivity contribution in [2.24, 2.45) is 5.92 Å². The van der Waals surface area contributed by atoms with Crippen LogP contribution in [-0.2, 0) is 11.3 Å². The molecule has 0 bridgehead atoms. The normalized spacial score (nSPS) is 18.2. The second-order valence-electron chi connectivity index (χ2n) is 8.94. The van der Waals surface area contributed by atoms with E-state index in [4.69, 9.17) is 0 Å². The van der Waals surface area contributed by atoms with Crippen LogP contribution in [0.1, 0.15) is 79.4 Å². The van der Waals surface area contributed by atoms with Crippen molar-refractivity contribution in [1.29, 1.82) is 0 Å². The average Bonchev–Trinajstić information content (AvgIpc) is 3.33. The first-order chi connectivity index (χ1) is 15.2. The molecule has 6 nitrogen and oxygen atoms in total. The maximum Gasteiger partial charge on any atom is 0.257 e. The molecule has 0 radical (unpaired) electrons. The summed E-state index contributed by atoms with van der Waals surface area (Å²) in [7, 11) is 0. The molecule has 0 spiro atoms. The summed E-state index contributed by atoms with van der Waals surface area (Å²) in [5.41, 5.74) is 2.90. The van der Waals surface area contributed by atoms with Crippen molar-refractivity contribution in [2.45, 2.75) is 64.3 Å². The number of hydrogen-bond acceptors (Lipinski definition) is 3. The summed E-state index contributed by atoms with van der Waals surface area (Å²) in [5.74, 6) is 0.696. The fourth-order valence-electron chi connectivity index (χ4n) is 5.08. The first-order valence-corrected chi connectivity index (χ1v) is 11.8. The summed E-state index contributed by atoms with van der Waals surface area (Å²) in [5, 5.41) is 7.31. The van der Waals surface area contributed by atoms with Crippen molar-refractivity contribution in [1.82, 2.24) is 20.0 Å². The monoisotopic (exact) mass is 422 g/mol. The van der Waals surface area contributed by atoms with Gasteiger partial charge in [-0.15, -0.1) is 0 Å². The third-order valence-corrected chi connectivity index (χ3v) is 6.95. The largest absolute Gasteiger partial charge is 0.338 e. The molecule has 4 rings (SSSR count). The van der Waals surface area contributed by atoms with Gasteiger partial charge in [-0.3, -0.25) is 14.7 Å². The number of piperidine rings is 1.